The number of hydrogen-bond acceptors (Lipinski definition) is 4. The molecule has 88 valence electrons. The summed E-state index contributed by atoms with van der Waals surface area (Å²) in [5.41, 5.74) is -0.928. The van der Waals surface area contributed by atoms with E-state index in [0.29, 0.717) is 18.8 Å². The van der Waals surface area contributed by atoms with Gasteiger partial charge in [-0.1, -0.05) is 13.8 Å². The largest absolute Gasteiger partial charge is 0.748 e. The van der Waals surface area contributed by atoms with Gasteiger partial charge in [0.2, 0.25) is 0 Å². The molecule has 15 heavy (non-hydrogen) atoms. The van der Waals surface area contributed by atoms with Crippen molar-refractivity contribution in [2.45, 2.75) is 39.2 Å². The first-order valence-electron chi connectivity index (χ1n) is 5.31. The quantitative estimate of drug-likeness (QED) is 0.713. The molecule has 0 amide bonds. The van der Waals surface area contributed by atoms with Gasteiger partial charge in [-0.15, -0.1) is 0 Å². The Hall–Kier alpha value is -0.130. The van der Waals surface area contributed by atoms with Crippen LogP contribution in [0.3, 0.4) is 0 Å². The highest BCUT2D eigenvalue weighted by Crippen LogP contribution is 2.65. The van der Waals surface area contributed by atoms with Crippen molar-refractivity contribution < 1.29 is 18.1 Å². The zero-order valence-corrected chi connectivity index (χ0v) is 9.88. The van der Waals surface area contributed by atoms with E-state index in [1.54, 1.807) is 0 Å². The number of hydrogen-bond donors (Lipinski definition) is 1. The average Bonchev–Trinajstić information content (AvgIpc) is 2.34. The molecular weight excluding hydrogens is 216 g/mol. The molecule has 4 nitrogen and oxygen atoms in total. The number of aliphatic hydroxyl groups is 1. The number of fused-ring (bicyclic) bond motifs is 2. The molecule has 2 rings (SSSR count). The van der Waals surface area contributed by atoms with Gasteiger partial charge in [-0.25, -0.2) is 8.42 Å². The zero-order chi connectivity index (χ0) is 11.5. The summed E-state index contributed by atoms with van der Waals surface area (Å²) < 4.78 is 32.8. The Morgan fingerprint density at radius 2 is 2.07 bits per heavy atom. The Balaban J connectivity index is 2.40. The van der Waals surface area contributed by atoms with Crippen LogP contribution in [0.1, 0.15) is 33.1 Å². The van der Waals surface area contributed by atoms with Crippen molar-refractivity contribution in [1.29, 1.82) is 0 Å². The second kappa shape index (κ2) is 2.96. The minimum atomic E-state index is -4.27. The van der Waals surface area contributed by atoms with E-state index in [1.807, 2.05) is 13.8 Å². The van der Waals surface area contributed by atoms with Crippen LogP contribution in [0.2, 0.25) is 0 Å². The third kappa shape index (κ3) is 1.44. The molecule has 0 spiro atoms. The van der Waals surface area contributed by atoms with E-state index >= 15 is 0 Å². The maximum atomic E-state index is 10.9. The smallest absolute Gasteiger partial charge is 0.0952 e. The summed E-state index contributed by atoms with van der Waals surface area (Å²) in [6.07, 6.45) is 1.60. The van der Waals surface area contributed by atoms with Gasteiger partial charge in [-0.3, -0.25) is 0 Å². The highest BCUT2D eigenvalue weighted by atomic mass is 32.2. The highest BCUT2D eigenvalue weighted by molar-refractivity contribution is 7.85. The van der Waals surface area contributed by atoms with Crippen molar-refractivity contribution in [3.05, 3.63) is 0 Å². The molecule has 0 heterocycles. The normalized spacial score (nSPS) is 43.5. The molecule has 0 saturated heterocycles. The molecule has 2 saturated carbocycles. The first-order valence-corrected chi connectivity index (χ1v) is 6.88. The molecule has 2 fully saturated rings. The topological polar surface area (TPSA) is 77.4 Å². The first-order chi connectivity index (χ1) is 6.69. The Kier molecular flexibility index (Phi) is 2.24. The van der Waals surface area contributed by atoms with Gasteiger partial charge in [0.05, 0.1) is 16.2 Å². The van der Waals surface area contributed by atoms with Crippen molar-refractivity contribution in [2.24, 2.45) is 16.7 Å². The van der Waals surface area contributed by atoms with E-state index in [9.17, 15) is 18.1 Å². The van der Waals surface area contributed by atoms with Crippen molar-refractivity contribution >= 4 is 10.1 Å². The Labute approximate surface area is 90.4 Å². The van der Waals surface area contributed by atoms with Crippen molar-refractivity contribution in [3.63, 3.8) is 0 Å². The van der Waals surface area contributed by atoms with Crippen LogP contribution in [0.25, 0.3) is 0 Å². The average molecular weight is 233 g/mol. The van der Waals surface area contributed by atoms with Crippen LogP contribution >= 0.6 is 0 Å². The molecule has 3 atom stereocenters. The van der Waals surface area contributed by atoms with E-state index < -0.39 is 27.4 Å². The van der Waals surface area contributed by atoms with E-state index in [2.05, 4.69) is 0 Å². The fourth-order valence-electron chi connectivity index (χ4n) is 3.69. The zero-order valence-electron chi connectivity index (χ0n) is 9.06. The van der Waals surface area contributed by atoms with E-state index in [0.717, 1.165) is 6.42 Å². The molecule has 3 unspecified atom stereocenters. The fraction of sp³-hybridized carbons (Fsp3) is 1.00. The predicted molar refractivity (Wildman–Crippen MR) is 54.1 cm³/mol. The molecule has 0 aromatic carbocycles. The molecule has 2 bridgehead atoms. The van der Waals surface area contributed by atoms with Crippen molar-refractivity contribution in [2.75, 3.05) is 5.75 Å². The van der Waals surface area contributed by atoms with Gasteiger partial charge in [0, 0.05) is 11.2 Å². The van der Waals surface area contributed by atoms with Crippen molar-refractivity contribution in [1.82, 2.24) is 0 Å². The molecule has 0 aromatic heterocycles. The maximum Gasteiger partial charge on any atom is 0.0952 e. The lowest BCUT2D eigenvalue weighted by Gasteiger charge is -2.41. The summed E-state index contributed by atoms with van der Waals surface area (Å²) in [7, 11) is -4.27. The standard InChI is InChI=1S/C10H18O4S/c1-9(2)7-3-4-10(9,8(11)5-7)6-15(12,13)14/h7-8,11H,3-6H2,1-2H3,(H,12,13,14)/p-1. The van der Waals surface area contributed by atoms with E-state index in [4.69, 9.17) is 0 Å². The van der Waals surface area contributed by atoms with Gasteiger partial charge < -0.3 is 9.66 Å². The van der Waals surface area contributed by atoms with Gasteiger partial charge in [-0.2, -0.15) is 0 Å². The fourth-order valence-corrected chi connectivity index (χ4v) is 5.03. The predicted octanol–water partition coefficient (Wildman–Crippen LogP) is 0.719. The Morgan fingerprint density at radius 3 is 2.40 bits per heavy atom. The Morgan fingerprint density at radius 1 is 1.47 bits per heavy atom. The first kappa shape index (κ1) is 11.4. The summed E-state index contributed by atoms with van der Waals surface area (Å²) in [5.74, 6) is -0.0563. The van der Waals surface area contributed by atoms with E-state index in [1.165, 1.54) is 0 Å². The van der Waals surface area contributed by atoms with Crippen LogP contribution in [0.4, 0.5) is 0 Å². The second-order valence-corrected chi connectivity index (χ2v) is 6.97. The van der Waals surface area contributed by atoms with Crippen LogP contribution in [-0.2, 0) is 10.1 Å². The summed E-state index contributed by atoms with van der Waals surface area (Å²) in [5, 5.41) is 9.97. The summed E-state index contributed by atoms with van der Waals surface area (Å²) in [4.78, 5) is 0. The van der Waals surface area contributed by atoms with Crippen LogP contribution in [0.15, 0.2) is 0 Å². The summed E-state index contributed by atoms with van der Waals surface area (Å²) in [6, 6.07) is 0. The monoisotopic (exact) mass is 233 g/mol. The third-order valence-corrected chi connectivity index (χ3v) is 5.69. The van der Waals surface area contributed by atoms with Crippen LogP contribution in [0.5, 0.6) is 0 Å². The highest BCUT2D eigenvalue weighted by Gasteiger charge is 2.64. The number of rotatable bonds is 2. The molecule has 5 heteroatoms. The lowest BCUT2D eigenvalue weighted by Crippen LogP contribution is -2.44. The molecular formula is C10H17O4S-. The van der Waals surface area contributed by atoms with Gasteiger partial charge in [-0.05, 0) is 30.6 Å². The molecule has 0 aromatic rings. The van der Waals surface area contributed by atoms with Gasteiger partial charge in [0.15, 0.2) is 0 Å². The van der Waals surface area contributed by atoms with E-state index in [-0.39, 0.29) is 5.41 Å². The maximum absolute atomic E-state index is 10.9. The molecule has 1 N–H and O–H groups in total. The van der Waals surface area contributed by atoms with Gasteiger partial charge in [0.25, 0.3) is 0 Å². The van der Waals surface area contributed by atoms with Gasteiger partial charge >= 0.3 is 0 Å². The lowest BCUT2D eigenvalue weighted by molar-refractivity contribution is 0.0141. The SMILES string of the molecule is CC1(C)C2CCC1(CS(=O)(=O)[O-])C(O)C2. The van der Waals surface area contributed by atoms with Crippen LogP contribution in [0, 0.1) is 16.7 Å². The minimum Gasteiger partial charge on any atom is -0.748 e. The van der Waals surface area contributed by atoms with Crippen molar-refractivity contribution in [3.8, 4) is 0 Å². The minimum absolute atomic E-state index is 0.232. The van der Waals surface area contributed by atoms with Crippen LogP contribution < -0.4 is 0 Å². The van der Waals surface area contributed by atoms with Crippen LogP contribution in [-0.4, -0.2) is 29.9 Å². The van der Waals surface area contributed by atoms with Gasteiger partial charge in [0.1, 0.15) is 0 Å². The Bertz CT molecular complexity index is 373. The third-order valence-electron chi connectivity index (χ3n) is 4.82. The summed E-state index contributed by atoms with van der Waals surface area (Å²) >= 11 is 0. The summed E-state index contributed by atoms with van der Waals surface area (Å²) in [6.45, 7) is 3.96. The molecule has 2 aliphatic carbocycles. The second-order valence-electron chi connectivity index (χ2n) is 5.57. The molecule has 0 aliphatic heterocycles. The molecule has 2 aliphatic rings. The number of aliphatic hydroxyl groups excluding tert-OH is 1. The molecule has 0 radical (unpaired) electrons. The lowest BCUT2D eigenvalue weighted by atomic mass is 9.70.